The van der Waals surface area contributed by atoms with Gasteiger partial charge in [0.2, 0.25) is 0 Å². The zero-order valence-corrected chi connectivity index (χ0v) is 26.4. The van der Waals surface area contributed by atoms with Gasteiger partial charge in [-0.1, -0.05) is 48.5 Å². The molecule has 0 radical (unpaired) electrons. The summed E-state index contributed by atoms with van der Waals surface area (Å²) in [7, 11) is 0. The zero-order chi connectivity index (χ0) is 30.9. The van der Waals surface area contributed by atoms with Gasteiger partial charge in [-0.2, -0.15) is 0 Å². The van der Waals surface area contributed by atoms with E-state index >= 15 is 0 Å². The number of carbonyl (C=O) groups is 1. The van der Waals surface area contributed by atoms with Crippen LogP contribution in [0.15, 0.2) is 72.8 Å². The highest BCUT2D eigenvalue weighted by atomic mass is 16.6. The number of piperidine rings is 1. The lowest BCUT2D eigenvalue weighted by molar-refractivity contribution is -0.0507. The Kier molecular flexibility index (Phi) is 8.62. The fourth-order valence-corrected chi connectivity index (χ4v) is 7.34. The molecular weight excluding hydrogens is 550 g/mol. The molecule has 2 N–H and O–H groups in total. The lowest BCUT2D eigenvalue weighted by atomic mass is 9.69. The number of phenolic OH excluding ortho intramolecular Hbond substituents is 1. The Labute approximate surface area is 262 Å². The minimum atomic E-state index is -0.773. The number of aliphatic hydroxyl groups is 1. The van der Waals surface area contributed by atoms with Gasteiger partial charge >= 0.3 is 6.09 Å². The van der Waals surface area contributed by atoms with E-state index in [0.29, 0.717) is 44.1 Å². The number of hydrogen-bond donors (Lipinski definition) is 2. The molecule has 234 valence electrons. The molecule has 7 nitrogen and oxygen atoms in total. The summed E-state index contributed by atoms with van der Waals surface area (Å²) in [6, 6.07) is 25.9. The molecule has 3 aromatic carbocycles. The topological polar surface area (TPSA) is 76.5 Å². The van der Waals surface area contributed by atoms with Gasteiger partial charge in [-0.3, -0.25) is 4.90 Å². The molecule has 2 heterocycles. The lowest BCUT2D eigenvalue weighted by Gasteiger charge is -2.43. The van der Waals surface area contributed by atoms with Crippen molar-refractivity contribution in [2.75, 3.05) is 50.7 Å². The first-order valence-electron chi connectivity index (χ1n) is 16.2. The number of carbonyl (C=O) groups excluding carboxylic acids is 1. The van der Waals surface area contributed by atoms with Gasteiger partial charge in [0.25, 0.3) is 0 Å². The Morgan fingerprint density at radius 2 is 1.57 bits per heavy atom. The summed E-state index contributed by atoms with van der Waals surface area (Å²) in [5, 5.41) is 21.5. The van der Waals surface area contributed by atoms with E-state index in [0.717, 1.165) is 39.0 Å². The number of likely N-dealkylation sites (tertiary alicyclic amines) is 1. The SMILES string of the molecule is CC(C)(C)OC(=O)N1CCC(O)(CN2CCN(c3ccc([C@@H]4c5ccc(O)cc5CCC4c4ccccc4)cc3)CC2)CC1. The highest BCUT2D eigenvalue weighted by Crippen LogP contribution is 2.47. The Bertz CT molecular complexity index is 1420. The molecule has 44 heavy (non-hydrogen) atoms. The van der Waals surface area contributed by atoms with Crippen LogP contribution in [0.5, 0.6) is 5.75 Å². The molecule has 0 bridgehead atoms. The molecule has 1 unspecified atom stereocenters. The van der Waals surface area contributed by atoms with Crippen LogP contribution in [0.4, 0.5) is 10.5 Å². The molecule has 7 heteroatoms. The van der Waals surface area contributed by atoms with Crippen molar-refractivity contribution in [3.63, 3.8) is 0 Å². The van der Waals surface area contributed by atoms with Crippen LogP contribution < -0.4 is 4.90 Å². The molecule has 2 fully saturated rings. The quantitative estimate of drug-likeness (QED) is 0.368. The first-order chi connectivity index (χ1) is 21.1. The summed E-state index contributed by atoms with van der Waals surface area (Å²) in [6.07, 6.45) is 2.88. The third kappa shape index (κ3) is 6.89. The molecule has 6 rings (SSSR count). The number of amides is 1. The molecule has 1 aliphatic carbocycles. The molecule has 0 spiro atoms. The van der Waals surface area contributed by atoms with Crippen molar-refractivity contribution in [2.45, 2.75) is 69.5 Å². The predicted molar refractivity (Wildman–Crippen MR) is 175 cm³/mol. The van der Waals surface area contributed by atoms with Crippen molar-refractivity contribution >= 4 is 11.8 Å². The number of phenols is 1. The van der Waals surface area contributed by atoms with Gasteiger partial charge in [0.15, 0.2) is 0 Å². The van der Waals surface area contributed by atoms with Crippen LogP contribution in [0.3, 0.4) is 0 Å². The summed E-state index contributed by atoms with van der Waals surface area (Å²) in [4.78, 5) is 19.0. The smallest absolute Gasteiger partial charge is 0.410 e. The van der Waals surface area contributed by atoms with Crippen molar-refractivity contribution in [2.24, 2.45) is 0 Å². The van der Waals surface area contributed by atoms with E-state index in [4.69, 9.17) is 4.74 Å². The number of benzene rings is 3. The van der Waals surface area contributed by atoms with Crippen molar-refractivity contribution in [3.8, 4) is 5.75 Å². The van der Waals surface area contributed by atoms with Gasteiger partial charge in [-0.15, -0.1) is 0 Å². The Balaban J connectivity index is 1.07. The van der Waals surface area contributed by atoms with Crippen molar-refractivity contribution in [3.05, 3.63) is 95.1 Å². The number of nitrogens with zero attached hydrogens (tertiary/aromatic N) is 3. The van der Waals surface area contributed by atoms with Crippen LogP contribution in [-0.2, 0) is 11.2 Å². The van der Waals surface area contributed by atoms with E-state index in [1.807, 2.05) is 32.9 Å². The summed E-state index contributed by atoms with van der Waals surface area (Å²) < 4.78 is 5.52. The number of anilines is 1. The number of fused-ring (bicyclic) bond motifs is 1. The first kappa shape index (κ1) is 30.5. The zero-order valence-electron chi connectivity index (χ0n) is 26.4. The molecule has 0 saturated carbocycles. The van der Waals surface area contributed by atoms with Gasteiger partial charge in [0, 0.05) is 57.4 Å². The molecule has 0 aromatic heterocycles. The van der Waals surface area contributed by atoms with E-state index in [1.165, 1.54) is 27.9 Å². The third-order valence-electron chi connectivity index (χ3n) is 9.67. The maximum absolute atomic E-state index is 12.4. The van der Waals surface area contributed by atoms with Crippen LogP contribution in [0, 0.1) is 0 Å². The average Bonchev–Trinajstić information content (AvgIpc) is 3.01. The summed E-state index contributed by atoms with van der Waals surface area (Å²) in [5.41, 5.74) is 5.20. The second-order valence-electron chi connectivity index (χ2n) is 14.0. The van der Waals surface area contributed by atoms with Crippen LogP contribution in [0.1, 0.15) is 74.1 Å². The van der Waals surface area contributed by atoms with Crippen molar-refractivity contribution in [1.29, 1.82) is 0 Å². The van der Waals surface area contributed by atoms with Gasteiger partial charge < -0.3 is 24.7 Å². The number of ether oxygens (including phenoxy) is 1. The summed E-state index contributed by atoms with van der Waals surface area (Å²) in [5.74, 6) is 0.980. The highest BCUT2D eigenvalue weighted by Gasteiger charge is 2.37. The molecule has 2 atom stereocenters. The van der Waals surface area contributed by atoms with Crippen LogP contribution in [0.25, 0.3) is 0 Å². The first-order valence-corrected chi connectivity index (χ1v) is 16.2. The second-order valence-corrected chi connectivity index (χ2v) is 14.0. The maximum Gasteiger partial charge on any atom is 0.410 e. The Morgan fingerprint density at radius 1 is 0.886 bits per heavy atom. The van der Waals surface area contributed by atoms with Crippen LogP contribution in [-0.4, -0.2) is 83.1 Å². The van der Waals surface area contributed by atoms with E-state index in [1.54, 1.807) is 4.90 Å². The Morgan fingerprint density at radius 3 is 2.23 bits per heavy atom. The molecule has 3 aliphatic rings. The molecule has 3 aromatic rings. The highest BCUT2D eigenvalue weighted by molar-refractivity contribution is 5.68. The summed E-state index contributed by atoms with van der Waals surface area (Å²) in [6.45, 7) is 10.9. The predicted octanol–water partition coefficient (Wildman–Crippen LogP) is 6.14. The minimum Gasteiger partial charge on any atom is -0.508 e. The number of hydrogen-bond acceptors (Lipinski definition) is 6. The number of rotatable bonds is 5. The number of aromatic hydroxyl groups is 1. The standard InChI is InChI=1S/C37H47N3O4/c1-36(2,3)44-35(42)40-19-17-37(43,18-20-40)26-38-21-23-39(24-22-38)30-12-9-28(10-13-30)34-32(27-7-5-4-6-8-27)15-11-29-25-31(41)14-16-33(29)34/h4-10,12-14,16,25,32,34,41,43H,11,15,17-24,26H2,1-3H3/t32?,34-/m0/s1. The molecule has 2 saturated heterocycles. The fraction of sp³-hybridized carbons (Fsp3) is 0.486. The van der Waals surface area contributed by atoms with Gasteiger partial charge in [-0.05, 0) is 98.9 Å². The van der Waals surface area contributed by atoms with Gasteiger partial charge in [-0.25, -0.2) is 4.79 Å². The fourth-order valence-electron chi connectivity index (χ4n) is 7.34. The lowest BCUT2D eigenvalue weighted by Crippen LogP contribution is -2.56. The van der Waals surface area contributed by atoms with Crippen LogP contribution in [0.2, 0.25) is 0 Å². The average molecular weight is 598 g/mol. The van der Waals surface area contributed by atoms with E-state index in [-0.39, 0.29) is 12.0 Å². The number of β-amino-alcohol motifs (C(OH)–C–C–N with tert-alkyl or cyclic N) is 1. The summed E-state index contributed by atoms with van der Waals surface area (Å²) >= 11 is 0. The van der Waals surface area contributed by atoms with Gasteiger partial charge in [0.05, 0.1) is 5.60 Å². The van der Waals surface area contributed by atoms with Crippen molar-refractivity contribution in [1.82, 2.24) is 9.80 Å². The van der Waals surface area contributed by atoms with E-state index < -0.39 is 11.2 Å². The van der Waals surface area contributed by atoms with E-state index in [2.05, 4.69) is 70.5 Å². The van der Waals surface area contributed by atoms with Crippen LogP contribution >= 0.6 is 0 Å². The van der Waals surface area contributed by atoms with Gasteiger partial charge in [0.1, 0.15) is 11.4 Å². The normalized spacial score (nSPS) is 22.4. The van der Waals surface area contributed by atoms with E-state index in [9.17, 15) is 15.0 Å². The molecular formula is C37H47N3O4. The van der Waals surface area contributed by atoms with Crippen molar-refractivity contribution < 1.29 is 19.7 Å². The molecule has 2 aliphatic heterocycles. The number of aryl methyl sites for hydroxylation is 1. The maximum atomic E-state index is 12.4. The third-order valence-corrected chi connectivity index (χ3v) is 9.67. The molecule has 1 amide bonds. The minimum absolute atomic E-state index is 0.245. The largest absolute Gasteiger partial charge is 0.508 e. The monoisotopic (exact) mass is 597 g/mol. The Hall–Kier alpha value is -3.55. The number of piperazine rings is 1. The second kappa shape index (κ2) is 12.4.